The van der Waals surface area contributed by atoms with Crippen LogP contribution in [0.3, 0.4) is 0 Å². The molecule has 1 atom stereocenters. The molecule has 0 radical (unpaired) electrons. The summed E-state index contributed by atoms with van der Waals surface area (Å²) in [6.07, 6.45) is 0. The number of thiol groups is 1. The van der Waals surface area contributed by atoms with Crippen molar-refractivity contribution in [2.24, 2.45) is 0 Å². The Bertz CT molecular complexity index is 337. The summed E-state index contributed by atoms with van der Waals surface area (Å²) < 4.78 is 12.6. The molecule has 0 saturated heterocycles. The van der Waals surface area contributed by atoms with Crippen LogP contribution in [-0.2, 0) is 11.3 Å². The molecule has 0 aliphatic heterocycles. The van der Waals surface area contributed by atoms with E-state index in [0.717, 1.165) is 5.56 Å². The zero-order valence-corrected chi connectivity index (χ0v) is 9.67. The second-order valence-electron chi connectivity index (χ2n) is 3.50. The topological polar surface area (TPSA) is 20.3 Å². The Morgan fingerprint density at radius 3 is 2.47 bits per heavy atom. The van der Waals surface area contributed by atoms with Gasteiger partial charge in [0, 0.05) is 13.6 Å². The number of amides is 1. The molecular weight excluding hydrogens is 213 g/mol. The Labute approximate surface area is 94.5 Å². The van der Waals surface area contributed by atoms with Crippen molar-refractivity contribution in [3.8, 4) is 0 Å². The molecule has 0 N–H and O–H groups in total. The third kappa shape index (κ3) is 3.55. The van der Waals surface area contributed by atoms with Crippen molar-refractivity contribution in [2.45, 2.75) is 18.7 Å². The van der Waals surface area contributed by atoms with Crippen molar-refractivity contribution in [1.29, 1.82) is 0 Å². The predicted octanol–water partition coefficient (Wildman–Crippen LogP) is 2.10. The van der Waals surface area contributed by atoms with E-state index in [1.165, 1.54) is 12.1 Å². The lowest BCUT2D eigenvalue weighted by Gasteiger charge is -2.18. The number of benzene rings is 1. The molecule has 82 valence electrons. The molecule has 15 heavy (non-hydrogen) atoms. The fourth-order valence-corrected chi connectivity index (χ4v) is 1.46. The molecule has 0 bridgehead atoms. The summed E-state index contributed by atoms with van der Waals surface area (Å²) in [5, 5.41) is -0.310. The summed E-state index contributed by atoms with van der Waals surface area (Å²) in [5.41, 5.74) is 0.904. The molecular formula is C11H14FNOS. The first-order valence-electron chi connectivity index (χ1n) is 4.68. The van der Waals surface area contributed by atoms with Crippen LogP contribution in [0.2, 0.25) is 0 Å². The maximum atomic E-state index is 12.6. The Morgan fingerprint density at radius 2 is 2.00 bits per heavy atom. The van der Waals surface area contributed by atoms with E-state index in [9.17, 15) is 9.18 Å². The van der Waals surface area contributed by atoms with Gasteiger partial charge in [0.25, 0.3) is 0 Å². The van der Waals surface area contributed by atoms with Crippen LogP contribution in [0.25, 0.3) is 0 Å². The fourth-order valence-electron chi connectivity index (χ4n) is 1.26. The second-order valence-corrected chi connectivity index (χ2v) is 4.27. The smallest absolute Gasteiger partial charge is 0.235 e. The number of hydrogen-bond acceptors (Lipinski definition) is 2. The maximum Gasteiger partial charge on any atom is 0.235 e. The van der Waals surface area contributed by atoms with Crippen LogP contribution in [0.5, 0.6) is 0 Å². The molecule has 0 fully saturated rings. The number of halogens is 1. The van der Waals surface area contributed by atoms with Gasteiger partial charge in [-0.25, -0.2) is 4.39 Å². The highest BCUT2D eigenvalue weighted by atomic mass is 32.1. The van der Waals surface area contributed by atoms with E-state index in [1.54, 1.807) is 31.0 Å². The molecule has 1 unspecified atom stereocenters. The van der Waals surface area contributed by atoms with Gasteiger partial charge in [0.15, 0.2) is 0 Å². The van der Waals surface area contributed by atoms with Crippen LogP contribution in [0.15, 0.2) is 24.3 Å². The van der Waals surface area contributed by atoms with Crippen LogP contribution in [0, 0.1) is 5.82 Å². The third-order valence-corrected chi connectivity index (χ3v) is 2.29. The van der Waals surface area contributed by atoms with Gasteiger partial charge >= 0.3 is 0 Å². The van der Waals surface area contributed by atoms with Gasteiger partial charge in [-0.15, -0.1) is 0 Å². The van der Waals surface area contributed by atoms with Crippen LogP contribution < -0.4 is 0 Å². The Hall–Kier alpha value is -1.03. The summed E-state index contributed by atoms with van der Waals surface area (Å²) in [7, 11) is 1.71. The van der Waals surface area contributed by atoms with Gasteiger partial charge in [-0.3, -0.25) is 4.79 Å². The van der Waals surface area contributed by atoms with Gasteiger partial charge in [0.05, 0.1) is 5.25 Å². The van der Waals surface area contributed by atoms with Crippen LogP contribution >= 0.6 is 12.6 Å². The van der Waals surface area contributed by atoms with Crippen LogP contribution in [-0.4, -0.2) is 23.1 Å². The SMILES string of the molecule is CC(S)C(=O)N(C)Cc1ccc(F)cc1. The highest BCUT2D eigenvalue weighted by Gasteiger charge is 2.13. The van der Waals surface area contributed by atoms with Crippen LogP contribution in [0.1, 0.15) is 12.5 Å². The molecule has 4 heteroatoms. The van der Waals surface area contributed by atoms with E-state index in [4.69, 9.17) is 0 Å². The first-order chi connectivity index (χ1) is 7.00. The molecule has 0 heterocycles. The normalized spacial score (nSPS) is 12.3. The Balaban J connectivity index is 2.62. The number of hydrogen-bond donors (Lipinski definition) is 1. The lowest BCUT2D eigenvalue weighted by Crippen LogP contribution is -2.31. The minimum absolute atomic E-state index is 0.0392. The maximum absolute atomic E-state index is 12.6. The second kappa shape index (κ2) is 5.16. The lowest BCUT2D eigenvalue weighted by atomic mass is 10.2. The summed E-state index contributed by atoms with van der Waals surface area (Å²) in [6.45, 7) is 2.20. The van der Waals surface area contributed by atoms with Crippen molar-refractivity contribution in [3.05, 3.63) is 35.6 Å². The van der Waals surface area contributed by atoms with E-state index in [-0.39, 0.29) is 17.0 Å². The van der Waals surface area contributed by atoms with Gasteiger partial charge < -0.3 is 4.90 Å². The lowest BCUT2D eigenvalue weighted by molar-refractivity contribution is -0.129. The van der Waals surface area contributed by atoms with E-state index >= 15 is 0 Å². The zero-order chi connectivity index (χ0) is 11.4. The third-order valence-electron chi connectivity index (χ3n) is 2.07. The molecule has 0 aliphatic rings. The first-order valence-corrected chi connectivity index (χ1v) is 5.20. The summed E-state index contributed by atoms with van der Waals surface area (Å²) in [4.78, 5) is 13.1. The first kappa shape index (κ1) is 12.0. The minimum atomic E-state index is -0.310. The molecule has 0 aromatic heterocycles. The van der Waals surface area contributed by atoms with Gasteiger partial charge in [0.2, 0.25) is 5.91 Å². The summed E-state index contributed by atoms with van der Waals surface area (Å²) in [6, 6.07) is 6.11. The summed E-state index contributed by atoms with van der Waals surface area (Å²) >= 11 is 4.06. The number of nitrogens with zero attached hydrogens (tertiary/aromatic N) is 1. The average molecular weight is 227 g/mol. The Morgan fingerprint density at radius 1 is 1.47 bits per heavy atom. The molecule has 1 rings (SSSR count). The summed E-state index contributed by atoms with van der Waals surface area (Å²) in [5.74, 6) is -0.307. The average Bonchev–Trinajstić information content (AvgIpc) is 2.20. The largest absolute Gasteiger partial charge is 0.340 e. The zero-order valence-electron chi connectivity index (χ0n) is 8.77. The van der Waals surface area contributed by atoms with Crippen molar-refractivity contribution >= 4 is 18.5 Å². The molecule has 1 aromatic carbocycles. The molecule has 0 aliphatic carbocycles. The van der Waals surface area contributed by atoms with Crippen molar-refractivity contribution in [3.63, 3.8) is 0 Å². The molecule has 0 spiro atoms. The monoisotopic (exact) mass is 227 g/mol. The fraction of sp³-hybridized carbons (Fsp3) is 0.364. The molecule has 0 saturated carbocycles. The quantitative estimate of drug-likeness (QED) is 0.784. The van der Waals surface area contributed by atoms with Crippen molar-refractivity contribution in [2.75, 3.05) is 7.05 Å². The Kier molecular flexibility index (Phi) is 4.15. The van der Waals surface area contributed by atoms with Gasteiger partial charge in [-0.05, 0) is 24.6 Å². The van der Waals surface area contributed by atoms with Gasteiger partial charge in [-0.2, -0.15) is 12.6 Å². The van der Waals surface area contributed by atoms with Gasteiger partial charge in [-0.1, -0.05) is 12.1 Å². The van der Waals surface area contributed by atoms with E-state index in [0.29, 0.717) is 6.54 Å². The minimum Gasteiger partial charge on any atom is -0.340 e. The van der Waals surface area contributed by atoms with E-state index < -0.39 is 0 Å². The number of carbonyl (C=O) groups is 1. The highest BCUT2D eigenvalue weighted by molar-refractivity contribution is 7.81. The highest BCUT2D eigenvalue weighted by Crippen LogP contribution is 2.07. The van der Waals surface area contributed by atoms with Gasteiger partial charge in [0.1, 0.15) is 5.82 Å². The van der Waals surface area contributed by atoms with Crippen LogP contribution in [0.4, 0.5) is 4.39 Å². The molecule has 1 aromatic rings. The molecule has 2 nitrogen and oxygen atoms in total. The standard InChI is InChI=1S/C11H14FNOS/c1-8(15)11(14)13(2)7-9-3-5-10(12)6-4-9/h3-6,8,15H,7H2,1-2H3. The molecule has 1 amide bonds. The number of carbonyl (C=O) groups excluding carboxylic acids is 1. The van der Waals surface area contributed by atoms with E-state index in [1.807, 2.05) is 0 Å². The van der Waals surface area contributed by atoms with E-state index in [2.05, 4.69) is 12.6 Å². The predicted molar refractivity (Wildman–Crippen MR) is 61.3 cm³/mol. The number of rotatable bonds is 3. The van der Waals surface area contributed by atoms with Crippen molar-refractivity contribution in [1.82, 2.24) is 4.90 Å². The van der Waals surface area contributed by atoms with Crippen molar-refractivity contribution < 1.29 is 9.18 Å².